The molecule has 4 heteroatoms. The van der Waals surface area contributed by atoms with E-state index in [1.165, 1.54) is 11.1 Å². The van der Waals surface area contributed by atoms with Crippen molar-refractivity contribution in [2.45, 2.75) is 13.0 Å². The summed E-state index contributed by atoms with van der Waals surface area (Å²) in [7, 11) is 0. The van der Waals surface area contributed by atoms with Gasteiger partial charge in [-0.25, -0.2) is 0 Å². The molecular formula is C16H15ClN2O. The summed E-state index contributed by atoms with van der Waals surface area (Å²) >= 11 is 6.03. The Labute approximate surface area is 123 Å². The molecule has 2 aromatic carbocycles. The van der Waals surface area contributed by atoms with Crippen molar-refractivity contribution in [3.63, 3.8) is 0 Å². The van der Waals surface area contributed by atoms with Crippen LogP contribution in [0.15, 0.2) is 42.5 Å². The van der Waals surface area contributed by atoms with Gasteiger partial charge in [0.2, 0.25) is 0 Å². The molecule has 1 heterocycles. The van der Waals surface area contributed by atoms with Crippen molar-refractivity contribution >= 4 is 23.2 Å². The maximum Gasteiger partial charge on any atom is 0.257 e. The van der Waals surface area contributed by atoms with Crippen LogP contribution in [0.3, 0.4) is 0 Å². The Morgan fingerprint density at radius 3 is 2.85 bits per heavy atom. The number of hydrogen-bond donors (Lipinski definition) is 2. The molecular weight excluding hydrogens is 272 g/mol. The second-order valence-corrected chi connectivity index (χ2v) is 5.25. The van der Waals surface area contributed by atoms with Gasteiger partial charge in [0.05, 0.1) is 10.6 Å². The quantitative estimate of drug-likeness (QED) is 0.890. The lowest BCUT2D eigenvalue weighted by Crippen LogP contribution is -2.23. The zero-order valence-corrected chi connectivity index (χ0v) is 11.7. The Balaban J connectivity index is 1.81. The molecule has 0 aromatic heterocycles. The first kappa shape index (κ1) is 13.2. The lowest BCUT2D eigenvalue weighted by Gasteiger charge is -2.18. The fraction of sp³-hybridized carbons (Fsp3) is 0.188. The number of amides is 1. The number of anilines is 1. The molecule has 0 radical (unpaired) electrons. The Morgan fingerprint density at radius 2 is 2.00 bits per heavy atom. The summed E-state index contributed by atoms with van der Waals surface area (Å²) < 4.78 is 0. The van der Waals surface area contributed by atoms with Gasteiger partial charge in [-0.05, 0) is 48.4 Å². The average molecular weight is 287 g/mol. The normalized spacial score (nSPS) is 13.7. The third-order valence-electron chi connectivity index (χ3n) is 3.47. The van der Waals surface area contributed by atoms with E-state index in [0.717, 1.165) is 25.2 Å². The third-order valence-corrected chi connectivity index (χ3v) is 3.80. The molecule has 0 spiro atoms. The van der Waals surface area contributed by atoms with Gasteiger partial charge < -0.3 is 10.6 Å². The maximum atomic E-state index is 12.2. The molecule has 1 aliphatic heterocycles. The number of rotatable bonds is 2. The second-order valence-electron chi connectivity index (χ2n) is 4.84. The molecule has 20 heavy (non-hydrogen) atoms. The van der Waals surface area contributed by atoms with Gasteiger partial charge in [0.15, 0.2) is 0 Å². The first-order chi connectivity index (χ1) is 9.74. The van der Waals surface area contributed by atoms with Crippen LogP contribution in [-0.2, 0) is 13.0 Å². The van der Waals surface area contributed by atoms with E-state index in [-0.39, 0.29) is 5.91 Å². The number of benzene rings is 2. The van der Waals surface area contributed by atoms with E-state index >= 15 is 0 Å². The van der Waals surface area contributed by atoms with Crippen molar-refractivity contribution in [3.8, 4) is 0 Å². The molecule has 0 saturated heterocycles. The second kappa shape index (κ2) is 5.65. The fourth-order valence-electron chi connectivity index (χ4n) is 2.40. The molecule has 0 atom stereocenters. The van der Waals surface area contributed by atoms with Crippen molar-refractivity contribution < 1.29 is 4.79 Å². The van der Waals surface area contributed by atoms with Crippen molar-refractivity contribution in [3.05, 3.63) is 64.2 Å². The van der Waals surface area contributed by atoms with Gasteiger partial charge in [-0.1, -0.05) is 29.8 Å². The highest BCUT2D eigenvalue weighted by Crippen LogP contribution is 2.21. The Bertz CT molecular complexity index is 655. The van der Waals surface area contributed by atoms with E-state index in [1.807, 2.05) is 18.2 Å². The number of carbonyl (C=O) groups excluding carboxylic acids is 1. The highest BCUT2D eigenvalue weighted by molar-refractivity contribution is 6.34. The number of carbonyl (C=O) groups is 1. The predicted octanol–water partition coefficient (Wildman–Crippen LogP) is 3.24. The summed E-state index contributed by atoms with van der Waals surface area (Å²) in [6.07, 6.45) is 1.04. The number of halogens is 1. The van der Waals surface area contributed by atoms with Crippen LogP contribution >= 0.6 is 11.6 Å². The molecule has 2 N–H and O–H groups in total. The molecule has 3 nitrogen and oxygen atoms in total. The predicted molar refractivity (Wildman–Crippen MR) is 81.3 cm³/mol. The first-order valence-electron chi connectivity index (χ1n) is 6.62. The van der Waals surface area contributed by atoms with Crippen molar-refractivity contribution in [2.24, 2.45) is 0 Å². The van der Waals surface area contributed by atoms with Gasteiger partial charge in [-0.2, -0.15) is 0 Å². The van der Waals surface area contributed by atoms with Crippen LogP contribution < -0.4 is 10.6 Å². The van der Waals surface area contributed by atoms with Gasteiger partial charge in [0.1, 0.15) is 0 Å². The lowest BCUT2D eigenvalue weighted by atomic mass is 10.0. The number of nitrogens with one attached hydrogen (secondary N) is 2. The van der Waals surface area contributed by atoms with Gasteiger partial charge in [-0.15, -0.1) is 0 Å². The van der Waals surface area contributed by atoms with Crippen molar-refractivity contribution in [1.29, 1.82) is 0 Å². The molecule has 0 bridgehead atoms. The zero-order chi connectivity index (χ0) is 13.9. The smallest absolute Gasteiger partial charge is 0.257 e. The standard InChI is InChI=1S/C16H15ClN2O/c17-15-4-2-1-3-14(15)16(20)19-13-6-5-11-7-8-18-10-12(11)9-13/h1-6,9,18H,7-8,10H2,(H,19,20). The largest absolute Gasteiger partial charge is 0.322 e. The van der Waals surface area contributed by atoms with Crippen LogP contribution in [0.4, 0.5) is 5.69 Å². The van der Waals surface area contributed by atoms with Gasteiger partial charge in [-0.3, -0.25) is 4.79 Å². The minimum atomic E-state index is -0.181. The third kappa shape index (κ3) is 2.69. The van der Waals surface area contributed by atoms with Gasteiger partial charge in [0, 0.05) is 12.2 Å². The van der Waals surface area contributed by atoms with Gasteiger partial charge >= 0.3 is 0 Å². The summed E-state index contributed by atoms with van der Waals surface area (Å²) in [6.45, 7) is 1.86. The van der Waals surface area contributed by atoms with Crippen LogP contribution in [0.2, 0.25) is 5.02 Å². The molecule has 0 unspecified atom stereocenters. The van der Waals surface area contributed by atoms with Crippen LogP contribution in [0.25, 0.3) is 0 Å². The highest BCUT2D eigenvalue weighted by Gasteiger charge is 2.12. The van der Waals surface area contributed by atoms with Crippen molar-refractivity contribution in [1.82, 2.24) is 5.32 Å². The maximum absolute atomic E-state index is 12.2. The van der Waals surface area contributed by atoms with Gasteiger partial charge in [0.25, 0.3) is 5.91 Å². The zero-order valence-electron chi connectivity index (χ0n) is 10.9. The SMILES string of the molecule is O=C(Nc1ccc2c(c1)CNCC2)c1ccccc1Cl. The summed E-state index contributed by atoms with van der Waals surface area (Å²) in [5.74, 6) is -0.181. The summed E-state index contributed by atoms with van der Waals surface area (Å²) in [5.41, 5.74) is 3.88. The monoisotopic (exact) mass is 286 g/mol. The molecule has 0 saturated carbocycles. The molecule has 0 fully saturated rings. The van der Waals surface area contributed by atoms with Crippen LogP contribution in [0.5, 0.6) is 0 Å². The van der Waals surface area contributed by atoms with E-state index in [1.54, 1.807) is 18.2 Å². The van der Waals surface area contributed by atoms with E-state index in [9.17, 15) is 4.79 Å². The number of hydrogen-bond acceptors (Lipinski definition) is 2. The molecule has 102 valence electrons. The minimum absolute atomic E-state index is 0.181. The van der Waals surface area contributed by atoms with E-state index in [2.05, 4.69) is 16.7 Å². The van der Waals surface area contributed by atoms with Crippen LogP contribution in [0.1, 0.15) is 21.5 Å². The minimum Gasteiger partial charge on any atom is -0.322 e. The molecule has 2 aromatic rings. The molecule has 1 aliphatic rings. The summed E-state index contributed by atoms with van der Waals surface area (Å²) in [4.78, 5) is 12.2. The Hall–Kier alpha value is -1.84. The molecule has 0 aliphatic carbocycles. The first-order valence-corrected chi connectivity index (χ1v) is 7.00. The molecule has 1 amide bonds. The Kier molecular flexibility index (Phi) is 3.72. The van der Waals surface area contributed by atoms with E-state index in [4.69, 9.17) is 11.6 Å². The molecule has 3 rings (SSSR count). The van der Waals surface area contributed by atoms with Crippen molar-refractivity contribution in [2.75, 3.05) is 11.9 Å². The average Bonchev–Trinajstić information content (AvgIpc) is 2.47. The number of fused-ring (bicyclic) bond motifs is 1. The van der Waals surface area contributed by atoms with Crippen LogP contribution in [-0.4, -0.2) is 12.5 Å². The lowest BCUT2D eigenvalue weighted by molar-refractivity contribution is 0.102. The summed E-state index contributed by atoms with van der Waals surface area (Å²) in [6, 6.07) is 13.1. The van der Waals surface area contributed by atoms with E-state index in [0.29, 0.717) is 10.6 Å². The van der Waals surface area contributed by atoms with E-state index < -0.39 is 0 Å². The topological polar surface area (TPSA) is 41.1 Å². The Morgan fingerprint density at radius 1 is 1.15 bits per heavy atom. The fourth-order valence-corrected chi connectivity index (χ4v) is 2.62. The van der Waals surface area contributed by atoms with Crippen LogP contribution in [0, 0.1) is 0 Å². The highest BCUT2D eigenvalue weighted by atomic mass is 35.5. The summed E-state index contributed by atoms with van der Waals surface area (Å²) in [5, 5.41) is 6.69.